The van der Waals surface area contributed by atoms with Crippen molar-refractivity contribution in [2.75, 3.05) is 7.11 Å². The van der Waals surface area contributed by atoms with Gasteiger partial charge >= 0.3 is 0 Å². The summed E-state index contributed by atoms with van der Waals surface area (Å²) < 4.78 is 7.19. The second kappa shape index (κ2) is 6.65. The lowest BCUT2D eigenvalue weighted by atomic mass is 9.98. The molecule has 3 rings (SSSR count). The van der Waals surface area contributed by atoms with Crippen LogP contribution in [0.5, 0.6) is 5.75 Å². The summed E-state index contributed by atoms with van der Waals surface area (Å²) in [6, 6.07) is 14.2. The van der Waals surface area contributed by atoms with Crippen LogP contribution in [0.3, 0.4) is 0 Å². The van der Waals surface area contributed by atoms with E-state index in [0.29, 0.717) is 0 Å². The fourth-order valence-electron chi connectivity index (χ4n) is 2.73. The van der Waals surface area contributed by atoms with Crippen molar-refractivity contribution in [1.82, 2.24) is 15.0 Å². The normalized spacial score (nSPS) is 10.7. The van der Waals surface area contributed by atoms with Crippen LogP contribution in [0.1, 0.15) is 22.4 Å². The van der Waals surface area contributed by atoms with Gasteiger partial charge in [-0.1, -0.05) is 29.5 Å². The standard InChI is InChI=1S/C19H21N3O/c1-14-15(2)19(23-3)12-10-16(14)9-11-17-13-22(21-20-17)18-7-5-4-6-8-18/h4-8,10,12-13H,9,11H2,1-3H3. The summed E-state index contributed by atoms with van der Waals surface area (Å²) in [5.41, 5.74) is 5.86. The molecule has 0 unspecified atom stereocenters. The maximum absolute atomic E-state index is 5.37. The predicted molar refractivity (Wildman–Crippen MR) is 91.2 cm³/mol. The van der Waals surface area contributed by atoms with E-state index in [0.717, 1.165) is 30.0 Å². The summed E-state index contributed by atoms with van der Waals surface area (Å²) in [6.45, 7) is 4.25. The van der Waals surface area contributed by atoms with Crippen LogP contribution in [0.15, 0.2) is 48.7 Å². The van der Waals surface area contributed by atoms with Gasteiger partial charge in [0.15, 0.2) is 0 Å². The highest BCUT2D eigenvalue weighted by Gasteiger charge is 2.08. The van der Waals surface area contributed by atoms with Gasteiger partial charge in [-0.15, -0.1) is 5.10 Å². The number of rotatable bonds is 5. The summed E-state index contributed by atoms with van der Waals surface area (Å²) in [4.78, 5) is 0. The number of benzene rings is 2. The predicted octanol–water partition coefficient (Wildman–Crippen LogP) is 3.68. The molecule has 118 valence electrons. The molecule has 0 amide bonds. The largest absolute Gasteiger partial charge is 0.496 e. The third-order valence-corrected chi connectivity index (χ3v) is 4.28. The molecule has 0 aliphatic rings. The van der Waals surface area contributed by atoms with Crippen LogP contribution in [-0.2, 0) is 12.8 Å². The molecule has 3 aromatic rings. The molecule has 0 bridgehead atoms. The second-order valence-electron chi connectivity index (χ2n) is 5.67. The first-order valence-electron chi connectivity index (χ1n) is 7.78. The van der Waals surface area contributed by atoms with E-state index in [4.69, 9.17) is 4.74 Å². The van der Waals surface area contributed by atoms with Crippen molar-refractivity contribution < 1.29 is 4.74 Å². The molecule has 0 saturated carbocycles. The van der Waals surface area contributed by atoms with E-state index in [2.05, 4.69) is 30.2 Å². The molecule has 0 fully saturated rings. The van der Waals surface area contributed by atoms with Crippen molar-refractivity contribution in [3.8, 4) is 11.4 Å². The number of aromatic nitrogens is 3. The second-order valence-corrected chi connectivity index (χ2v) is 5.67. The zero-order valence-corrected chi connectivity index (χ0v) is 13.8. The molecule has 0 aliphatic heterocycles. The molecule has 0 saturated heterocycles. The number of aryl methyl sites for hydroxylation is 2. The molecule has 2 aromatic carbocycles. The Morgan fingerprint density at radius 1 is 0.957 bits per heavy atom. The molecule has 0 aliphatic carbocycles. The Bertz CT molecular complexity index is 794. The topological polar surface area (TPSA) is 39.9 Å². The van der Waals surface area contributed by atoms with Gasteiger partial charge in [-0.05, 0) is 61.6 Å². The van der Waals surface area contributed by atoms with Gasteiger partial charge < -0.3 is 4.74 Å². The van der Waals surface area contributed by atoms with Crippen molar-refractivity contribution in [2.24, 2.45) is 0 Å². The molecule has 1 aromatic heterocycles. The number of nitrogens with zero attached hydrogens (tertiary/aromatic N) is 3. The van der Waals surface area contributed by atoms with Crippen molar-refractivity contribution in [3.05, 3.63) is 71.0 Å². The van der Waals surface area contributed by atoms with Crippen molar-refractivity contribution >= 4 is 0 Å². The average Bonchev–Trinajstić information content (AvgIpc) is 3.06. The Labute approximate surface area is 136 Å². The minimum absolute atomic E-state index is 0.874. The Morgan fingerprint density at radius 3 is 2.48 bits per heavy atom. The van der Waals surface area contributed by atoms with Gasteiger partial charge in [-0.2, -0.15) is 0 Å². The molecule has 4 nitrogen and oxygen atoms in total. The lowest BCUT2D eigenvalue weighted by molar-refractivity contribution is 0.411. The van der Waals surface area contributed by atoms with E-state index in [1.54, 1.807) is 7.11 Å². The van der Waals surface area contributed by atoms with Crippen molar-refractivity contribution in [1.29, 1.82) is 0 Å². The summed E-state index contributed by atoms with van der Waals surface area (Å²) in [5, 5.41) is 8.49. The molecule has 23 heavy (non-hydrogen) atoms. The fraction of sp³-hybridized carbons (Fsp3) is 0.263. The van der Waals surface area contributed by atoms with Crippen LogP contribution in [0, 0.1) is 13.8 Å². The van der Waals surface area contributed by atoms with Gasteiger partial charge in [0.2, 0.25) is 0 Å². The van der Waals surface area contributed by atoms with E-state index in [1.165, 1.54) is 16.7 Å². The molecule has 1 heterocycles. The lowest BCUT2D eigenvalue weighted by Crippen LogP contribution is -1.98. The maximum atomic E-state index is 5.37. The Morgan fingerprint density at radius 2 is 1.74 bits per heavy atom. The van der Waals surface area contributed by atoms with Gasteiger partial charge in [-0.3, -0.25) is 0 Å². The lowest BCUT2D eigenvalue weighted by Gasteiger charge is -2.12. The number of ether oxygens (including phenoxy) is 1. The van der Waals surface area contributed by atoms with E-state index in [1.807, 2.05) is 47.3 Å². The maximum Gasteiger partial charge on any atom is 0.122 e. The van der Waals surface area contributed by atoms with Crippen LogP contribution in [-0.4, -0.2) is 22.1 Å². The first kappa shape index (κ1) is 15.3. The van der Waals surface area contributed by atoms with Crippen LogP contribution >= 0.6 is 0 Å². The highest BCUT2D eigenvalue weighted by Crippen LogP contribution is 2.24. The minimum atomic E-state index is 0.874. The number of para-hydroxylation sites is 1. The SMILES string of the molecule is COc1ccc(CCc2cn(-c3ccccc3)nn2)c(C)c1C. The quantitative estimate of drug-likeness (QED) is 0.722. The van der Waals surface area contributed by atoms with E-state index in [-0.39, 0.29) is 0 Å². The van der Waals surface area contributed by atoms with Crippen molar-refractivity contribution in [2.45, 2.75) is 26.7 Å². The first-order valence-corrected chi connectivity index (χ1v) is 7.78. The summed E-state index contributed by atoms with van der Waals surface area (Å²) in [5.74, 6) is 0.946. The number of methoxy groups -OCH3 is 1. The fourth-order valence-corrected chi connectivity index (χ4v) is 2.73. The van der Waals surface area contributed by atoms with E-state index in [9.17, 15) is 0 Å². The molecule has 0 atom stereocenters. The van der Waals surface area contributed by atoms with Gasteiger partial charge in [-0.25, -0.2) is 4.68 Å². The highest BCUT2D eigenvalue weighted by atomic mass is 16.5. The van der Waals surface area contributed by atoms with Crippen LogP contribution < -0.4 is 4.74 Å². The van der Waals surface area contributed by atoms with E-state index >= 15 is 0 Å². The summed E-state index contributed by atoms with van der Waals surface area (Å²) in [6.07, 6.45) is 3.82. The van der Waals surface area contributed by atoms with Crippen LogP contribution in [0.2, 0.25) is 0 Å². The smallest absolute Gasteiger partial charge is 0.122 e. The zero-order valence-electron chi connectivity index (χ0n) is 13.8. The van der Waals surface area contributed by atoms with Gasteiger partial charge in [0, 0.05) is 0 Å². The molecule has 0 spiro atoms. The van der Waals surface area contributed by atoms with Crippen molar-refractivity contribution in [3.63, 3.8) is 0 Å². The van der Waals surface area contributed by atoms with Crippen LogP contribution in [0.25, 0.3) is 5.69 Å². The van der Waals surface area contributed by atoms with E-state index < -0.39 is 0 Å². The Hall–Kier alpha value is -2.62. The first-order chi connectivity index (χ1) is 11.2. The van der Waals surface area contributed by atoms with Gasteiger partial charge in [0.25, 0.3) is 0 Å². The molecular formula is C19H21N3O. The highest BCUT2D eigenvalue weighted by molar-refractivity contribution is 5.43. The molecular weight excluding hydrogens is 286 g/mol. The average molecular weight is 307 g/mol. The summed E-state index contributed by atoms with van der Waals surface area (Å²) >= 11 is 0. The number of hydrogen-bond acceptors (Lipinski definition) is 3. The Balaban J connectivity index is 1.72. The molecule has 0 radical (unpaired) electrons. The number of hydrogen-bond donors (Lipinski definition) is 0. The third-order valence-electron chi connectivity index (χ3n) is 4.28. The molecule has 4 heteroatoms. The van der Waals surface area contributed by atoms with Crippen LogP contribution in [0.4, 0.5) is 0 Å². The Kier molecular flexibility index (Phi) is 4.42. The van der Waals surface area contributed by atoms with Gasteiger partial charge in [0.1, 0.15) is 5.75 Å². The summed E-state index contributed by atoms with van der Waals surface area (Å²) in [7, 11) is 1.71. The minimum Gasteiger partial charge on any atom is -0.496 e. The monoisotopic (exact) mass is 307 g/mol. The third kappa shape index (κ3) is 3.26. The zero-order chi connectivity index (χ0) is 16.2. The molecule has 0 N–H and O–H groups in total. The van der Waals surface area contributed by atoms with Gasteiger partial charge in [0.05, 0.1) is 24.7 Å².